The summed E-state index contributed by atoms with van der Waals surface area (Å²) in [7, 11) is 3.40. The van der Waals surface area contributed by atoms with E-state index in [2.05, 4.69) is 5.32 Å². The van der Waals surface area contributed by atoms with Crippen molar-refractivity contribution in [1.29, 1.82) is 0 Å². The van der Waals surface area contributed by atoms with Crippen molar-refractivity contribution in [2.45, 2.75) is 31.6 Å². The van der Waals surface area contributed by atoms with Crippen molar-refractivity contribution in [1.82, 2.24) is 14.7 Å². The maximum absolute atomic E-state index is 12.7. The van der Waals surface area contributed by atoms with Gasteiger partial charge in [-0.2, -0.15) is 0 Å². The van der Waals surface area contributed by atoms with Crippen molar-refractivity contribution in [3.8, 4) is 0 Å². The molecule has 0 atom stereocenters. The van der Waals surface area contributed by atoms with Crippen LogP contribution in [-0.2, 0) is 4.79 Å². The van der Waals surface area contributed by atoms with Gasteiger partial charge in [0.05, 0.1) is 5.69 Å². The van der Waals surface area contributed by atoms with Crippen molar-refractivity contribution in [3.63, 3.8) is 0 Å². The molecule has 1 aromatic rings. The van der Waals surface area contributed by atoms with E-state index in [9.17, 15) is 14.4 Å². The smallest absolute Gasteiger partial charge is 0.319 e. The van der Waals surface area contributed by atoms with E-state index in [0.29, 0.717) is 44.7 Å². The number of benzene rings is 1. The second kappa shape index (κ2) is 10.4. The Bertz CT molecular complexity index is 698. The van der Waals surface area contributed by atoms with Crippen molar-refractivity contribution in [2.24, 2.45) is 5.92 Å². The molecule has 4 amide bonds. The SMILES string of the molecule is CCN(CC)C(=O)N1CCC(C(=O)Nc2ccccc2SC(=O)N(C)C)CC1. The molecule has 1 N–H and O–H groups in total. The van der Waals surface area contributed by atoms with Gasteiger partial charge in [-0.15, -0.1) is 0 Å². The molecule has 1 aromatic carbocycles. The van der Waals surface area contributed by atoms with E-state index in [4.69, 9.17) is 0 Å². The molecule has 0 radical (unpaired) electrons. The van der Waals surface area contributed by atoms with Crippen molar-refractivity contribution >= 4 is 34.6 Å². The summed E-state index contributed by atoms with van der Waals surface area (Å²) in [6.45, 7) is 6.49. The van der Waals surface area contributed by atoms with Gasteiger partial charge in [0.2, 0.25) is 5.91 Å². The lowest BCUT2D eigenvalue weighted by molar-refractivity contribution is -0.121. The van der Waals surface area contributed by atoms with Gasteiger partial charge >= 0.3 is 6.03 Å². The normalized spacial score (nSPS) is 14.5. The zero-order valence-electron chi connectivity index (χ0n) is 17.1. The number of rotatable bonds is 5. The van der Waals surface area contributed by atoms with Crippen LogP contribution >= 0.6 is 11.8 Å². The number of likely N-dealkylation sites (tertiary alicyclic amines) is 1. The van der Waals surface area contributed by atoms with Gasteiger partial charge in [-0.3, -0.25) is 9.59 Å². The first-order valence-electron chi connectivity index (χ1n) is 9.70. The van der Waals surface area contributed by atoms with E-state index in [0.717, 1.165) is 16.7 Å². The Morgan fingerprint density at radius 3 is 2.29 bits per heavy atom. The lowest BCUT2D eigenvalue weighted by Crippen LogP contribution is -2.47. The number of nitrogens with zero attached hydrogens (tertiary/aromatic N) is 3. The molecule has 154 valence electrons. The average Bonchev–Trinajstić information content (AvgIpc) is 2.70. The first-order chi connectivity index (χ1) is 13.4. The fourth-order valence-electron chi connectivity index (χ4n) is 3.11. The molecule has 1 saturated heterocycles. The Balaban J connectivity index is 1.95. The molecule has 1 aliphatic rings. The van der Waals surface area contributed by atoms with E-state index in [1.807, 2.05) is 43.0 Å². The first kappa shape index (κ1) is 22.1. The molecule has 0 aromatic heterocycles. The molecule has 0 aliphatic carbocycles. The lowest BCUT2D eigenvalue weighted by atomic mass is 9.96. The molecular formula is C20H30N4O3S. The highest BCUT2D eigenvalue weighted by Crippen LogP contribution is 2.30. The summed E-state index contributed by atoms with van der Waals surface area (Å²) in [5, 5.41) is 2.88. The highest BCUT2D eigenvalue weighted by atomic mass is 32.2. The van der Waals surface area contributed by atoms with Gasteiger partial charge in [0, 0.05) is 51.1 Å². The van der Waals surface area contributed by atoms with Crippen LogP contribution in [0.1, 0.15) is 26.7 Å². The number of thioether (sulfide) groups is 1. The minimum Gasteiger partial charge on any atom is -0.339 e. The van der Waals surface area contributed by atoms with Crippen molar-refractivity contribution < 1.29 is 14.4 Å². The zero-order chi connectivity index (χ0) is 20.7. The number of carbonyl (C=O) groups is 3. The summed E-state index contributed by atoms with van der Waals surface area (Å²) in [6.07, 6.45) is 1.29. The van der Waals surface area contributed by atoms with Crippen molar-refractivity contribution in [3.05, 3.63) is 24.3 Å². The topological polar surface area (TPSA) is 73.0 Å². The third-order valence-corrected chi connectivity index (χ3v) is 5.99. The summed E-state index contributed by atoms with van der Waals surface area (Å²) in [5.74, 6) is -0.191. The van der Waals surface area contributed by atoms with Crippen LogP contribution in [0.2, 0.25) is 0 Å². The highest BCUT2D eigenvalue weighted by Gasteiger charge is 2.29. The molecule has 1 heterocycles. The van der Waals surface area contributed by atoms with Gasteiger partial charge in [-0.25, -0.2) is 4.79 Å². The molecule has 0 saturated carbocycles. The maximum atomic E-state index is 12.7. The predicted octanol–water partition coefficient (Wildman–Crippen LogP) is 3.57. The number of amides is 4. The molecular weight excluding hydrogens is 376 g/mol. The largest absolute Gasteiger partial charge is 0.339 e. The molecule has 1 aliphatic heterocycles. The average molecular weight is 407 g/mol. The molecule has 7 nitrogen and oxygen atoms in total. The number of hydrogen-bond acceptors (Lipinski definition) is 4. The zero-order valence-corrected chi connectivity index (χ0v) is 17.9. The number of urea groups is 1. The molecule has 28 heavy (non-hydrogen) atoms. The van der Waals surface area contributed by atoms with E-state index in [-0.39, 0.29) is 23.1 Å². The number of piperidine rings is 1. The van der Waals surface area contributed by atoms with Gasteiger partial charge in [0.1, 0.15) is 0 Å². The second-order valence-electron chi connectivity index (χ2n) is 6.96. The van der Waals surface area contributed by atoms with E-state index in [1.165, 1.54) is 4.90 Å². The Morgan fingerprint density at radius 2 is 1.71 bits per heavy atom. The molecule has 2 rings (SSSR count). The van der Waals surface area contributed by atoms with Crippen LogP contribution in [0.3, 0.4) is 0 Å². The molecule has 8 heteroatoms. The Morgan fingerprint density at radius 1 is 1.11 bits per heavy atom. The number of carbonyl (C=O) groups excluding carboxylic acids is 3. The Hall–Kier alpha value is -2.22. The molecule has 0 unspecified atom stereocenters. The monoisotopic (exact) mass is 406 g/mol. The fourth-order valence-corrected chi connectivity index (χ4v) is 3.85. The lowest BCUT2D eigenvalue weighted by Gasteiger charge is -2.34. The minimum atomic E-state index is -0.136. The van der Waals surface area contributed by atoms with Crippen LogP contribution in [0.25, 0.3) is 0 Å². The standard InChI is InChI=1S/C20H30N4O3S/c1-5-23(6-2)19(26)24-13-11-15(12-14-24)18(25)21-16-9-7-8-10-17(16)28-20(27)22(3)4/h7-10,15H,5-6,11-14H2,1-4H3,(H,21,25). The highest BCUT2D eigenvalue weighted by molar-refractivity contribution is 8.13. The fraction of sp³-hybridized carbons (Fsp3) is 0.550. The third-order valence-electron chi connectivity index (χ3n) is 4.88. The van der Waals surface area contributed by atoms with Gasteiger partial charge in [-0.1, -0.05) is 12.1 Å². The predicted molar refractivity (Wildman–Crippen MR) is 113 cm³/mol. The van der Waals surface area contributed by atoms with Crippen LogP contribution in [0.15, 0.2) is 29.2 Å². The molecule has 1 fully saturated rings. The summed E-state index contributed by atoms with van der Waals surface area (Å²) in [5.41, 5.74) is 0.648. The van der Waals surface area contributed by atoms with E-state index in [1.54, 1.807) is 19.0 Å². The molecule has 0 bridgehead atoms. The maximum Gasteiger partial charge on any atom is 0.319 e. The van der Waals surface area contributed by atoms with Crippen LogP contribution in [0, 0.1) is 5.92 Å². The summed E-state index contributed by atoms with van der Waals surface area (Å²) >= 11 is 1.09. The molecule has 0 spiro atoms. The number of anilines is 1. The number of para-hydroxylation sites is 1. The van der Waals surface area contributed by atoms with Gasteiger partial charge in [0.25, 0.3) is 5.24 Å². The summed E-state index contributed by atoms with van der Waals surface area (Å²) in [4.78, 5) is 43.0. The Kier molecular flexibility index (Phi) is 8.17. The summed E-state index contributed by atoms with van der Waals surface area (Å²) < 4.78 is 0. The Labute approximate surface area is 171 Å². The van der Waals surface area contributed by atoms with E-state index < -0.39 is 0 Å². The number of nitrogens with one attached hydrogen (secondary N) is 1. The van der Waals surface area contributed by atoms with Crippen molar-refractivity contribution in [2.75, 3.05) is 45.6 Å². The van der Waals surface area contributed by atoms with Crippen LogP contribution in [0.5, 0.6) is 0 Å². The second-order valence-corrected chi connectivity index (χ2v) is 7.96. The van der Waals surface area contributed by atoms with Crippen LogP contribution in [0.4, 0.5) is 15.3 Å². The summed E-state index contributed by atoms with van der Waals surface area (Å²) in [6, 6.07) is 7.37. The number of hydrogen-bond donors (Lipinski definition) is 1. The van der Waals surface area contributed by atoms with Gasteiger partial charge in [0.15, 0.2) is 0 Å². The van der Waals surface area contributed by atoms with Crippen LogP contribution in [-0.4, -0.2) is 72.2 Å². The first-order valence-corrected chi connectivity index (χ1v) is 10.5. The minimum absolute atomic E-state index is 0.0489. The third kappa shape index (κ3) is 5.64. The van der Waals surface area contributed by atoms with Gasteiger partial charge < -0.3 is 20.0 Å². The van der Waals surface area contributed by atoms with E-state index >= 15 is 0 Å². The van der Waals surface area contributed by atoms with Crippen LogP contribution < -0.4 is 5.32 Å². The quantitative estimate of drug-likeness (QED) is 0.759. The van der Waals surface area contributed by atoms with Gasteiger partial charge in [-0.05, 0) is 50.6 Å².